The van der Waals surface area contributed by atoms with E-state index in [9.17, 15) is 13.5 Å². The van der Waals surface area contributed by atoms with Crippen molar-refractivity contribution in [2.24, 2.45) is 0 Å². The van der Waals surface area contributed by atoms with Gasteiger partial charge in [0.15, 0.2) is 0 Å². The Morgan fingerprint density at radius 3 is 2.21 bits per heavy atom. The van der Waals surface area contributed by atoms with Crippen molar-refractivity contribution in [3.8, 4) is 5.75 Å². The highest BCUT2D eigenvalue weighted by Gasteiger charge is 2.14. The van der Waals surface area contributed by atoms with E-state index in [0.29, 0.717) is 11.3 Å². The molecule has 2 N–H and O–H groups in total. The molecule has 2 rings (SSSR count). The standard InChI is InChI=1S/C14H15NO3S/c1-10-3-7-13(8-4-10)19(17,18)15-12-6-5-11(2)14(16)9-12/h3-9,15-16H,1-2H3. The smallest absolute Gasteiger partial charge is 0.261 e. The lowest BCUT2D eigenvalue weighted by atomic mass is 10.2. The van der Waals surface area contributed by atoms with Crippen molar-refractivity contribution in [2.75, 3.05) is 4.72 Å². The van der Waals surface area contributed by atoms with E-state index in [4.69, 9.17) is 0 Å². The van der Waals surface area contributed by atoms with E-state index in [1.165, 1.54) is 6.07 Å². The summed E-state index contributed by atoms with van der Waals surface area (Å²) in [6.07, 6.45) is 0. The lowest BCUT2D eigenvalue weighted by Gasteiger charge is -2.09. The van der Waals surface area contributed by atoms with Crippen LogP contribution in [0.5, 0.6) is 5.75 Å². The number of aromatic hydroxyl groups is 1. The molecule has 4 nitrogen and oxygen atoms in total. The Hall–Kier alpha value is -2.01. The monoisotopic (exact) mass is 277 g/mol. The van der Waals surface area contributed by atoms with Crippen molar-refractivity contribution in [1.82, 2.24) is 0 Å². The number of anilines is 1. The zero-order valence-corrected chi connectivity index (χ0v) is 11.5. The molecule has 0 aromatic heterocycles. The van der Waals surface area contributed by atoms with Crippen molar-refractivity contribution in [1.29, 1.82) is 0 Å². The van der Waals surface area contributed by atoms with Crippen LogP contribution in [0, 0.1) is 13.8 Å². The maximum atomic E-state index is 12.1. The Kier molecular flexibility index (Phi) is 3.48. The van der Waals surface area contributed by atoms with E-state index in [1.807, 2.05) is 6.92 Å². The van der Waals surface area contributed by atoms with Gasteiger partial charge < -0.3 is 5.11 Å². The first-order valence-corrected chi connectivity index (χ1v) is 7.26. The first-order chi connectivity index (χ1) is 8.88. The second kappa shape index (κ2) is 4.93. The molecule has 0 radical (unpaired) electrons. The molecule has 0 spiro atoms. The number of phenols is 1. The van der Waals surface area contributed by atoms with Crippen LogP contribution in [0.1, 0.15) is 11.1 Å². The summed E-state index contributed by atoms with van der Waals surface area (Å²) in [5.74, 6) is 0.0594. The Labute approximate surface area is 112 Å². The first kappa shape index (κ1) is 13.4. The highest BCUT2D eigenvalue weighted by Crippen LogP contribution is 2.23. The number of aryl methyl sites for hydroxylation is 2. The van der Waals surface area contributed by atoms with Crippen LogP contribution in [-0.2, 0) is 10.0 Å². The quantitative estimate of drug-likeness (QED) is 0.906. The van der Waals surface area contributed by atoms with Gasteiger partial charge in [0, 0.05) is 6.07 Å². The van der Waals surface area contributed by atoms with Gasteiger partial charge in [-0.1, -0.05) is 23.8 Å². The number of hydrogen-bond donors (Lipinski definition) is 2. The number of rotatable bonds is 3. The summed E-state index contributed by atoms with van der Waals surface area (Å²) in [6.45, 7) is 3.63. The number of nitrogens with one attached hydrogen (secondary N) is 1. The predicted octanol–water partition coefficient (Wildman–Crippen LogP) is 2.81. The topological polar surface area (TPSA) is 66.4 Å². The molecule has 0 saturated heterocycles. The maximum absolute atomic E-state index is 12.1. The third-order valence-electron chi connectivity index (χ3n) is 2.79. The molecule has 0 aliphatic carbocycles. The maximum Gasteiger partial charge on any atom is 0.261 e. The van der Waals surface area contributed by atoms with E-state index in [1.54, 1.807) is 43.3 Å². The van der Waals surface area contributed by atoms with Gasteiger partial charge in [-0.25, -0.2) is 8.42 Å². The molecule has 0 amide bonds. The van der Waals surface area contributed by atoms with Crippen molar-refractivity contribution < 1.29 is 13.5 Å². The first-order valence-electron chi connectivity index (χ1n) is 5.77. The van der Waals surface area contributed by atoms with Gasteiger partial charge in [0.2, 0.25) is 0 Å². The Balaban J connectivity index is 2.30. The molecule has 100 valence electrons. The van der Waals surface area contributed by atoms with E-state index < -0.39 is 10.0 Å². The molecule has 0 saturated carbocycles. The van der Waals surface area contributed by atoms with Crippen LogP contribution in [0.3, 0.4) is 0 Å². The molecular formula is C14H15NO3S. The molecule has 19 heavy (non-hydrogen) atoms. The second-order valence-electron chi connectivity index (χ2n) is 4.42. The average Bonchev–Trinajstić information content (AvgIpc) is 2.34. The van der Waals surface area contributed by atoms with Gasteiger partial charge in [-0.05, 0) is 37.6 Å². The summed E-state index contributed by atoms with van der Waals surface area (Å²) in [5.41, 5.74) is 2.02. The van der Waals surface area contributed by atoms with Crippen LogP contribution in [-0.4, -0.2) is 13.5 Å². The van der Waals surface area contributed by atoms with Crippen LogP contribution in [0.25, 0.3) is 0 Å². The van der Waals surface area contributed by atoms with Gasteiger partial charge >= 0.3 is 0 Å². The molecular weight excluding hydrogens is 262 g/mol. The zero-order chi connectivity index (χ0) is 14.0. The summed E-state index contributed by atoms with van der Waals surface area (Å²) in [5, 5.41) is 9.57. The van der Waals surface area contributed by atoms with Crippen LogP contribution in [0.15, 0.2) is 47.4 Å². The zero-order valence-electron chi connectivity index (χ0n) is 10.7. The normalized spacial score (nSPS) is 11.3. The van der Waals surface area contributed by atoms with Crippen LogP contribution >= 0.6 is 0 Å². The third kappa shape index (κ3) is 3.06. The van der Waals surface area contributed by atoms with Gasteiger partial charge in [0.05, 0.1) is 10.6 Å². The molecule has 5 heteroatoms. The fraction of sp³-hybridized carbons (Fsp3) is 0.143. The van der Waals surface area contributed by atoms with Gasteiger partial charge in [0.1, 0.15) is 5.75 Å². The predicted molar refractivity (Wildman–Crippen MR) is 74.8 cm³/mol. The highest BCUT2D eigenvalue weighted by atomic mass is 32.2. The van der Waals surface area contributed by atoms with E-state index in [2.05, 4.69) is 4.72 Å². The minimum Gasteiger partial charge on any atom is -0.508 e. The summed E-state index contributed by atoms with van der Waals surface area (Å²) in [6, 6.07) is 11.2. The molecule has 0 heterocycles. The molecule has 0 unspecified atom stereocenters. The third-order valence-corrected chi connectivity index (χ3v) is 4.19. The molecule has 0 atom stereocenters. The van der Waals surface area contributed by atoms with Gasteiger partial charge in [0.25, 0.3) is 10.0 Å². The number of sulfonamides is 1. The summed E-state index contributed by atoms with van der Waals surface area (Å²) >= 11 is 0. The SMILES string of the molecule is Cc1ccc(S(=O)(=O)Nc2ccc(C)c(O)c2)cc1. The Bertz CT molecular complexity index is 691. The minimum absolute atomic E-state index is 0.0594. The lowest BCUT2D eigenvalue weighted by Crippen LogP contribution is -2.12. The molecule has 2 aromatic carbocycles. The van der Waals surface area contributed by atoms with Crippen molar-refractivity contribution in [3.63, 3.8) is 0 Å². The molecule has 0 aliphatic rings. The molecule has 0 fully saturated rings. The summed E-state index contributed by atoms with van der Waals surface area (Å²) in [4.78, 5) is 0.193. The fourth-order valence-electron chi connectivity index (χ4n) is 1.60. The Morgan fingerprint density at radius 2 is 1.63 bits per heavy atom. The van der Waals surface area contributed by atoms with E-state index >= 15 is 0 Å². The van der Waals surface area contributed by atoms with E-state index in [-0.39, 0.29) is 10.6 Å². The molecule has 2 aromatic rings. The van der Waals surface area contributed by atoms with Crippen LogP contribution < -0.4 is 4.72 Å². The minimum atomic E-state index is -3.62. The largest absolute Gasteiger partial charge is 0.508 e. The van der Waals surface area contributed by atoms with Crippen LogP contribution in [0.2, 0.25) is 0 Å². The van der Waals surface area contributed by atoms with Gasteiger partial charge in [-0.2, -0.15) is 0 Å². The summed E-state index contributed by atoms with van der Waals surface area (Å²) < 4.78 is 26.7. The van der Waals surface area contributed by atoms with Crippen molar-refractivity contribution in [2.45, 2.75) is 18.7 Å². The van der Waals surface area contributed by atoms with Crippen LogP contribution in [0.4, 0.5) is 5.69 Å². The van der Waals surface area contributed by atoms with Gasteiger partial charge in [-0.3, -0.25) is 4.72 Å². The van der Waals surface area contributed by atoms with E-state index in [0.717, 1.165) is 5.56 Å². The lowest BCUT2D eigenvalue weighted by molar-refractivity contribution is 0.471. The van der Waals surface area contributed by atoms with Crippen molar-refractivity contribution in [3.05, 3.63) is 53.6 Å². The fourth-order valence-corrected chi connectivity index (χ4v) is 2.65. The molecule has 0 bridgehead atoms. The number of hydrogen-bond acceptors (Lipinski definition) is 3. The second-order valence-corrected chi connectivity index (χ2v) is 6.10. The number of benzene rings is 2. The Morgan fingerprint density at radius 1 is 1.00 bits per heavy atom. The molecule has 0 aliphatic heterocycles. The van der Waals surface area contributed by atoms with Gasteiger partial charge in [-0.15, -0.1) is 0 Å². The van der Waals surface area contributed by atoms with Crippen molar-refractivity contribution >= 4 is 15.7 Å². The average molecular weight is 277 g/mol. The summed E-state index contributed by atoms with van der Waals surface area (Å²) in [7, 11) is -3.62. The number of phenolic OH excluding ortho intramolecular Hbond substituents is 1. The highest BCUT2D eigenvalue weighted by molar-refractivity contribution is 7.92.